The van der Waals surface area contributed by atoms with Gasteiger partial charge in [0.05, 0.1) is 15.7 Å². The second kappa shape index (κ2) is 5.28. The third-order valence-corrected chi connectivity index (χ3v) is 4.19. The topological polar surface area (TPSA) is 57.6 Å². The Balaban J connectivity index is 2.37. The van der Waals surface area contributed by atoms with Crippen molar-refractivity contribution in [3.05, 3.63) is 28.2 Å². The van der Waals surface area contributed by atoms with Gasteiger partial charge in [0.2, 0.25) is 5.91 Å². The van der Waals surface area contributed by atoms with Gasteiger partial charge in [0.1, 0.15) is 0 Å². The molecule has 1 aromatic carbocycles. The minimum atomic E-state index is -1.02. The minimum Gasteiger partial charge on any atom is -0.478 e. The monoisotopic (exact) mass is 331 g/mol. The third-order valence-electron chi connectivity index (χ3n) is 2.92. The maximum atomic E-state index is 11.9. The van der Waals surface area contributed by atoms with Gasteiger partial charge in [-0.2, -0.15) is 0 Å². The summed E-state index contributed by atoms with van der Waals surface area (Å²) in [5.41, 5.74) is 0.738. The lowest BCUT2D eigenvalue weighted by Crippen LogP contribution is -2.25. The van der Waals surface area contributed by atoms with E-state index in [4.69, 9.17) is 16.7 Å². The Morgan fingerprint density at radius 3 is 2.83 bits per heavy atom. The van der Waals surface area contributed by atoms with Crippen molar-refractivity contribution in [3.63, 3.8) is 0 Å². The van der Waals surface area contributed by atoms with E-state index in [0.717, 1.165) is 0 Å². The normalized spacial score (nSPS) is 19.3. The molecule has 4 nitrogen and oxygen atoms in total. The van der Waals surface area contributed by atoms with Gasteiger partial charge in [0.15, 0.2) is 0 Å². The predicted molar refractivity (Wildman–Crippen MR) is 72.3 cm³/mol. The molecule has 1 aromatic rings. The number of rotatable bonds is 3. The number of carbonyl (C=O) groups is 2. The molecule has 0 bridgehead atoms. The number of carbonyl (C=O) groups excluding carboxylic acids is 1. The number of benzene rings is 1. The molecule has 1 heterocycles. The summed E-state index contributed by atoms with van der Waals surface area (Å²) >= 11 is 9.02. The molecule has 18 heavy (non-hydrogen) atoms. The Morgan fingerprint density at radius 1 is 1.56 bits per heavy atom. The number of hydrogen-bond donors (Lipinski definition) is 1. The highest BCUT2D eigenvalue weighted by Gasteiger charge is 2.31. The maximum absolute atomic E-state index is 11.9. The van der Waals surface area contributed by atoms with Crippen LogP contribution in [0.3, 0.4) is 0 Å². The molecule has 1 amide bonds. The first-order valence-corrected chi connectivity index (χ1v) is 6.75. The van der Waals surface area contributed by atoms with Gasteiger partial charge in [0, 0.05) is 18.8 Å². The maximum Gasteiger partial charge on any atom is 0.336 e. The number of nitrogens with zero attached hydrogens (tertiary/aromatic N) is 1. The van der Waals surface area contributed by atoms with Crippen LogP contribution in [0.5, 0.6) is 0 Å². The number of halogens is 2. The van der Waals surface area contributed by atoms with Gasteiger partial charge in [-0.1, -0.05) is 6.07 Å². The van der Waals surface area contributed by atoms with Crippen molar-refractivity contribution in [3.8, 4) is 0 Å². The smallest absolute Gasteiger partial charge is 0.336 e. The van der Waals surface area contributed by atoms with Crippen LogP contribution >= 0.6 is 27.5 Å². The van der Waals surface area contributed by atoms with Crippen LogP contribution in [0.1, 0.15) is 16.8 Å². The first kappa shape index (κ1) is 13.4. The molecule has 0 spiro atoms. The van der Waals surface area contributed by atoms with E-state index in [1.165, 1.54) is 6.07 Å². The molecule has 0 aliphatic carbocycles. The Hall–Kier alpha value is -1.07. The summed E-state index contributed by atoms with van der Waals surface area (Å²) < 4.78 is 0.432. The van der Waals surface area contributed by atoms with E-state index in [0.29, 0.717) is 29.0 Å². The van der Waals surface area contributed by atoms with Gasteiger partial charge >= 0.3 is 5.97 Å². The van der Waals surface area contributed by atoms with Crippen LogP contribution in [0.25, 0.3) is 0 Å². The second-order valence-corrected chi connectivity index (χ2v) is 5.27. The zero-order valence-corrected chi connectivity index (χ0v) is 11.7. The van der Waals surface area contributed by atoms with Crippen molar-refractivity contribution in [2.75, 3.05) is 17.3 Å². The van der Waals surface area contributed by atoms with E-state index in [9.17, 15) is 9.59 Å². The number of hydrogen-bond acceptors (Lipinski definition) is 2. The van der Waals surface area contributed by atoms with Gasteiger partial charge in [-0.25, -0.2) is 4.79 Å². The molecule has 0 radical (unpaired) electrons. The average molecular weight is 333 g/mol. The standard InChI is InChI=1S/C12H11BrClNO3/c13-11-8(12(17)18)2-1-3-9(11)15-6-7(5-14)4-10(15)16/h1-3,7H,4-6H2,(H,17,18). The molecular weight excluding hydrogens is 321 g/mol. The summed E-state index contributed by atoms with van der Waals surface area (Å²) in [6.45, 7) is 0.532. The van der Waals surface area contributed by atoms with Crippen molar-refractivity contribution in [1.82, 2.24) is 0 Å². The Morgan fingerprint density at radius 2 is 2.28 bits per heavy atom. The average Bonchev–Trinajstić information content (AvgIpc) is 2.70. The Labute approximate surface area is 118 Å². The van der Waals surface area contributed by atoms with Gasteiger partial charge in [0.25, 0.3) is 0 Å². The lowest BCUT2D eigenvalue weighted by molar-refractivity contribution is -0.117. The molecule has 0 saturated carbocycles. The Kier molecular flexibility index (Phi) is 3.92. The first-order chi connectivity index (χ1) is 8.54. The van der Waals surface area contributed by atoms with Crippen LogP contribution in [0.4, 0.5) is 5.69 Å². The van der Waals surface area contributed by atoms with Gasteiger partial charge in [-0.3, -0.25) is 4.79 Å². The van der Waals surface area contributed by atoms with Crippen molar-refractivity contribution in [1.29, 1.82) is 0 Å². The molecule has 1 aliphatic rings. The molecule has 96 valence electrons. The highest BCUT2D eigenvalue weighted by atomic mass is 79.9. The molecule has 1 unspecified atom stereocenters. The molecule has 1 atom stereocenters. The number of anilines is 1. The molecule has 6 heteroatoms. The fraction of sp³-hybridized carbons (Fsp3) is 0.333. The van der Waals surface area contributed by atoms with Gasteiger partial charge in [-0.15, -0.1) is 11.6 Å². The van der Waals surface area contributed by atoms with E-state index in [1.807, 2.05) is 0 Å². The number of amides is 1. The van der Waals surface area contributed by atoms with Crippen molar-refractivity contribution >= 4 is 45.1 Å². The summed E-state index contributed by atoms with van der Waals surface area (Å²) in [5, 5.41) is 9.04. The lowest BCUT2D eigenvalue weighted by Gasteiger charge is -2.19. The number of carboxylic acid groups (broad SMARTS) is 1. The van der Waals surface area contributed by atoms with E-state index >= 15 is 0 Å². The third kappa shape index (κ3) is 2.37. The zero-order valence-electron chi connectivity index (χ0n) is 9.40. The summed E-state index contributed by atoms with van der Waals surface area (Å²) in [4.78, 5) is 24.5. The summed E-state index contributed by atoms with van der Waals surface area (Å²) in [6.07, 6.45) is 0.410. The van der Waals surface area contributed by atoms with Crippen LogP contribution < -0.4 is 4.90 Å². The fourth-order valence-corrected chi connectivity index (χ4v) is 2.87. The molecule has 1 fully saturated rings. The van der Waals surface area contributed by atoms with Crippen molar-refractivity contribution in [2.45, 2.75) is 6.42 Å². The summed E-state index contributed by atoms with van der Waals surface area (Å²) in [7, 11) is 0. The van der Waals surface area contributed by atoms with Crippen LogP contribution in [0.15, 0.2) is 22.7 Å². The highest BCUT2D eigenvalue weighted by Crippen LogP contribution is 2.34. The summed E-state index contributed by atoms with van der Waals surface area (Å²) in [5.74, 6) is -0.494. The molecular formula is C12H11BrClNO3. The zero-order chi connectivity index (χ0) is 13.3. The fourth-order valence-electron chi connectivity index (χ4n) is 2.01. The predicted octanol–water partition coefficient (Wildman–Crippen LogP) is 2.74. The molecule has 0 aromatic heterocycles. The van der Waals surface area contributed by atoms with Gasteiger partial charge in [-0.05, 0) is 34.0 Å². The van der Waals surface area contributed by atoms with E-state index in [-0.39, 0.29) is 17.4 Å². The number of alkyl halides is 1. The van der Waals surface area contributed by atoms with E-state index < -0.39 is 5.97 Å². The van der Waals surface area contributed by atoms with Crippen LogP contribution in [-0.4, -0.2) is 29.4 Å². The second-order valence-electron chi connectivity index (χ2n) is 4.17. The number of carboxylic acids is 1. The van der Waals surface area contributed by atoms with Crippen molar-refractivity contribution < 1.29 is 14.7 Å². The van der Waals surface area contributed by atoms with Crippen LogP contribution in [0.2, 0.25) is 0 Å². The highest BCUT2D eigenvalue weighted by molar-refractivity contribution is 9.10. The lowest BCUT2D eigenvalue weighted by atomic mass is 10.1. The molecule has 1 N–H and O–H groups in total. The first-order valence-electron chi connectivity index (χ1n) is 5.42. The van der Waals surface area contributed by atoms with E-state index in [1.54, 1.807) is 17.0 Å². The molecule has 1 saturated heterocycles. The van der Waals surface area contributed by atoms with Crippen LogP contribution in [0, 0.1) is 5.92 Å². The number of aromatic carboxylic acids is 1. The van der Waals surface area contributed by atoms with Crippen LogP contribution in [-0.2, 0) is 4.79 Å². The van der Waals surface area contributed by atoms with Gasteiger partial charge < -0.3 is 10.0 Å². The van der Waals surface area contributed by atoms with Crippen molar-refractivity contribution in [2.24, 2.45) is 5.92 Å². The van der Waals surface area contributed by atoms with E-state index in [2.05, 4.69) is 15.9 Å². The SMILES string of the molecule is O=C(O)c1cccc(N2CC(CCl)CC2=O)c1Br. The minimum absolute atomic E-state index is 0.0242. The largest absolute Gasteiger partial charge is 0.478 e. The molecule has 2 rings (SSSR count). The molecule has 1 aliphatic heterocycles. The quantitative estimate of drug-likeness (QED) is 0.866. The Bertz CT molecular complexity index is 506. The summed E-state index contributed by atoms with van der Waals surface area (Å²) in [6, 6.07) is 4.85.